The smallest absolute Gasteiger partial charge is 0.142 e. The van der Waals surface area contributed by atoms with Crippen LogP contribution in [0.4, 0.5) is 4.39 Å². The second-order valence-electron chi connectivity index (χ2n) is 4.07. The Hall–Kier alpha value is -1.01. The molecule has 19 heavy (non-hydrogen) atoms. The summed E-state index contributed by atoms with van der Waals surface area (Å²) in [6.45, 7) is 0. The summed E-state index contributed by atoms with van der Waals surface area (Å²) in [4.78, 5) is 4.09. The van der Waals surface area contributed by atoms with E-state index in [0.29, 0.717) is 12.0 Å². The molecule has 1 unspecified atom stereocenters. The highest BCUT2D eigenvalue weighted by molar-refractivity contribution is 9.10. The number of hydrogen-bond acceptors (Lipinski definition) is 3. The van der Waals surface area contributed by atoms with E-state index in [4.69, 9.17) is 17.4 Å². The molecule has 1 atom stereocenters. The molecule has 2 aromatic rings. The van der Waals surface area contributed by atoms with Gasteiger partial charge in [0.2, 0.25) is 0 Å². The van der Waals surface area contributed by atoms with E-state index in [-0.39, 0.29) is 11.1 Å². The number of rotatable bonds is 4. The Morgan fingerprint density at radius 1 is 1.42 bits per heavy atom. The molecule has 0 saturated carbocycles. The lowest BCUT2D eigenvalue weighted by atomic mass is 10.0. The lowest BCUT2D eigenvalue weighted by Crippen LogP contribution is -2.29. The van der Waals surface area contributed by atoms with E-state index >= 15 is 0 Å². The van der Waals surface area contributed by atoms with Gasteiger partial charge in [0, 0.05) is 16.9 Å². The third kappa shape index (κ3) is 3.51. The van der Waals surface area contributed by atoms with Crippen molar-refractivity contribution >= 4 is 27.5 Å². The monoisotopic (exact) mass is 343 g/mol. The van der Waals surface area contributed by atoms with E-state index in [0.717, 1.165) is 10.0 Å². The van der Waals surface area contributed by atoms with Crippen LogP contribution in [0.5, 0.6) is 0 Å². The Labute approximate surface area is 124 Å². The van der Waals surface area contributed by atoms with Crippen molar-refractivity contribution in [2.45, 2.75) is 12.5 Å². The zero-order chi connectivity index (χ0) is 13.8. The average molecular weight is 345 g/mol. The van der Waals surface area contributed by atoms with Gasteiger partial charge in [-0.2, -0.15) is 0 Å². The number of benzene rings is 1. The van der Waals surface area contributed by atoms with Crippen molar-refractivity contribution in [1.29, 1.82) is 0 Å². The lowest BCUT2D eigenvalue weighted by Gasteiger charge is -2.17. The molecule has 0 spiro atoms. The number of aromatic nitrogens is 1. The molecule has 3 N–H and O–H groups in total. The Morgan fingerprint density at radius 2 is 2.21 bits per heavy atom. The SMILES string of the molecule is NNC(Cc1cccc(F)c1Cl)c1cncc(Br)c1. The molecule has 0 aliphatic rings. The molecule has 1 heterocycles. The highest BCUT2D eigenvalue weighted by atomic mass is 79.9. The summed E-state index contributed by atoms with van der Waals surface area (Å²) >= 11 is 9.30. The first-order valence-corrected chi connectivity index (χ1v) is 6.78. The van der Waals surface area contributed by atoms with Gasteiger partial charge in [0.05, 0.1) is 11.1 Å². The molecule has 6 heteroatoms. The summed E-state index contributed by atoms with van der Waals surface area (Å²) in [5, 5.41) is 0.130. The highest BCUT2D eigenvalue weighted by Crippen LogP contribution is 2.26. The fraction of sp³-hybridized carbons (Fsp3) is 0.154. The van der Waals surface area contributed by atoms with Gasteiger partial charge in [-0.05, 0) is 45.6 Å². The quantitative estimate of drug-likeness (QED) is 0.660. The number of nitrogens with two attached hydrogens (primary N) is 1. The molecule has 0 bridgehead atoms. The molecule has 0 fully saturated rings. The summed E-state index contributed by atoms with van der Waals surface area (Å²) in [7, 11) is 0. The minimum absolute atomic E-state index is 0.130. The fourth-order valence-corrected chi connectivity index (χ4v) is 2.40. The molecule has 2 rings (SSSR count). The topological polar surface area (TPSA) is 50.9 Å². The minimum Gasteiger partial charge on any atom is -0.271 e. The molecule has 1 aromatic carbocycles. The maximum atomic E-state index is 13.4. The first-order valence-electron chi connectivity index (χ1n) is 5.61. The van der Waals surface area contributed by atoms with E-state index < -0.39 is 5.82 Å². The van der Waals surface area contributed by atoms with E-state index in [2.05, 4.69) is 26.3 Å². The van der Waals surface area contributed by atoms with Crippen LogP contribution in [0.15, 0.2) is 41.1 Å². The third-order valence-electron chi connectivity index (χ3n) is 2.79. The van der Waals surface area contributed by atoms with Crippen LogP contribution in [0.25, 0.3) is 0 Å². The number of halogens is 3. The number of nitrogens with zero attached hydrogens (tertiary/aromatic N) is 1. The molecule has 0 aliphatic carbocycles. The molecular formula is C13H12BrClFN3. The van der Waals surface area contributed by atoms with Crippen molar-refractivity contribution in [3.8, 4) is 0 Å². The number of hydrogen-bond donors (Lipinski definition) is 2. The maximum absolute atomic E-state index is 13.4. The molecule has 1 aromatic heterocycles. The van der Waals surface area contributed by atoms with Gasteiger partial charge in [-0.25, -0.2) is 4.39 Å². The first-order chi connectivity index (χ1) is 9.11. The van der Waals surface area contributed by atoms with Gasteiger partial charge in [0.15, 0.2) is 0 Å². The van der Waals surface area contributed by atoms with Crippen LogP contribution in [0.1, 0.15) is 17.2 Å². The van der Waals surface area contributed by atoms with Gasteiger partial charge < -0.3 is 0 Å². The van der Waals surface area contributed by atoms with Gasteiger partial charge >= 0.3 is 0 Å². The highest BCUT2D eigenvalue weighted by Gasteiger charge is 2.14. The van der Waals surface area contributed by atoms with Gasteiger partial charge in [-0.3, -0.25) is 16.3 Å². The first kappa shape index (κ1) is 14.4. The largest absolute Gasteiger partial charge is 0.271 e. The predicted octanol–water partition coefficient (Wildman–Crippen LogP) is 3.38. The molecular weight excluding hydrogens is 333 g/mol. The van der Waals surface area contributed by atoms with Crippen molar-refractivity contribution in [2.75, 3.05) is 0 Å². The second kappa shape index (κ2) is 6.43. The van der Waals surface area contributed by atoms with Crippen LogP contribution >= 0.6 is 27.5 Å². The third-order valence-corrected chi connectivity index (χ3v) is 3.64. The molecule has 3 nitrogen and oxygen atoms in total. The molecule has 100 valence electrons. The van der Waals surface area contributed by atoms with E-state index in [9.17, 15) is 4.39 Å². The number of hydrazine groups is 1. The maximum Gasteiger partial charge on any atom is 0.142 e. The summed E-state index contributed by atoms with van der Waals surface area (Å²) < 4.78 is 14.3. The van der Waals surface area contributed by atoms with E-state index in [1.165, 1.54) is 6.07 Å². The van der Waals surface area contributed by atoms with Crippen LogP contribution in [-0.2, 0) is 6.42 Å². The Morgan fingerprint density at radius 3 is 2.89 bits per heavy atom. The van der Waals surface area contributed by atoms with Gasteiger partial charge in [0.25, 0.3) is 0 Å². The van der Waals surface area contributed by atoms with Crippen LogP contribution in [0.3, 0.4) is 0 Å². The molecule has 0 radical (unpaired) electrons. The predicted molar refractivity (Wildman–Crippen MR) is 77.1 cm³/mol. The molecule has 0 amide bonds. The number of nitrogens with one attached hydrogen (secondary N) is 1. The van der Waals surface area contributed by atoms with Crippen molar-refractivity contribution in [3.05, 3.63) is 63.1 Å². The van der Waals surface area contributed by atoms with Crippen LogP contribution in [0.2, 0.25) is 5.02 Å². The van der Waals surface area contributed by atoms with Gasteiger partial charge in [-0.15, -0.1) is 0 Å². The average Bonchev–Trinajstić information content (AvgIpc) is 2.40. The van der Waals surface area contributed by atoms with Crippen molar-refractivity contribution in [1.82, 2.24) is 10.4 Å². The fourth-order valence-electron chi connectivity index (χ4n) is 1.82. The van der Waals surface area contributed by atoms with Crippen molar-refractivity contribution < 1.29 is 4.39 Å². The lowest BCUT2D eigenvalue weighted by molar-refractivity contribution is 0.547. The summed E-state index contributed by atoms with van der Waals surface area (Å²) in [5.41, 5.74) is 4.30. The Balaban J connectivity index is 2.26. The van der Waals surface area contributed by atoms with Gasteiger partial charge in [0.1, 0.15) is 5.82 Å². The Bertz CT molecular complexity index is 580. The molecule has 0 saturated heterocycles. The normalized spacial score (nSPS) is 12.4. The van der Waals surface area contributed by atoms with E-state index in [1.807, 2.05) is 6.07 Å². The van der Waals surface area contributed by atoms with Crippen LogP contribution in [0, 0.1) is 5.82 Å². The zero-order valence-electron chi connectivity index (χ0n) is 9.91. The second-order valence-corrected chi connectivity index (χ2v) is 5.37. The standard InChI is InChI=1S/C13H12BrClFN3/c14-10-4-9(6-18-7-10)12(19-17)5-8-2-1-3-11(16)13(8)15/h1-4,6-7,12,19H,5,17H2. The van der Waals surface area contributed by atoms with Gasteiger partial charge in [-0.1, -0.05) is 23.7 Å². The summed E-state index contributed by atoms with van der Waals surface area (Å²) in [6.07, 6.45) is 3.87. The molecule has 0 aliphatic heterocycles. The minimum atomic E-state index is -0.428. The van der Waals surface area contributed by atoms with Crippen LogP contribution in [-0.4, -0.2) is 4.98 Å². The van der Waals surface area contributed by atoms with Crippen LogP contribution < -0.4 is 11.3 Å². The van der Waals surface area contributed by atoms with E-state index in [1.54, 1.807) is 24.5 Å². The van der Waals surface area contributed by atoms with Crippen molar-refractivity contribution in [2.24, 2.45) is 5.84 Å². The summed E-state index contributed by atoms with van der Waals surface area (Å²) in [6, 6.07) is 6.45. The summed E-state index contributed by atoms with van der Waals surface area (Å²) in [5.74, 6) is 5.13. The Kier molecular flexibility index (Phi) is 4.87. The van der Waals surface area contributed by atoms with Crippen molar-refractivity contribution in [3.63, 3.8) is 0 Å². The zero-order valence-corrected chi connectivity index (χ0v) is 12.2. The number of pyridine rings is 1.